The van der Waals surface area contributed by atoms with Gasteiger partial charge in [-0.3, -0.25) is 14.5 Å². The van der Waals surface area contributed by atoms with Crippen LogP contribution in [0.4, 0.5) is 0 Å². The number of carbonyl (C=O) groups excluding carboxylic acids is 2. The summed E-state index contributed by atoms with van der Waals surface area (Å²) in [7, 11) is 0. The smallest absolute Gasteiger partial charge is 0.328 e. The average molecular weight is 293 g/mol. The molecule has 1 N–H and O–H groups in total. The Bertz CT molecular complexity index is 600. The van der Waals surface area contributed by atoms with Crippen LogP contribution in [0, 0.1) is 5.41 Å². The summed E-state index contributed by atoms with van der Waals surface area (Å²) in [5, 5.41) is 8.56. The van der Waals surface area contributed by atoms with E-state index >= 15 is 0 Å². The van der Waals surface area contributed by atoms with E-state index in [2.05, 4.69) is 0 Å². The minimum absolute atomic E-state index is 0.154. The summed E-state index contributed by atoms with van der Waals surface area (Å²) < 4.78 is 0. The quantitative estimate of drug-likeness (QED) is 0.681. The number of nitrogens with zero attached hydrogens (tertiary/aromatic N) is 1. The first kappa shape index (κ1) is 14.5. The summed E-state index contributed by atoms with van der Waals surface area (Å²) in [6.45, 7) is 3.79. The minimum atomic E-state index is -1.01. The molecular formula is C14H15NO4S. The molecular weight excluding hydrogens is 278 g/mol. The van der Waals surface area contributed by atoms with Gasteiger partial charge in [-0.1, -0.05) is 13.8 Å². The van der Waals surface area contributed by atoms with Gasteiger partial charge in [0.2, 0.25) is 11.8 Å². The van der Waals surface area contributed by atoms with Crippen molar-refractivity contribution in [2.45, 2.75) is 26.8 Å². The van der Waals surface area contributed by atoms with Crippen molar-refractivity contribution >= 4 is 35.2 Å². The van der Waals surface area contributed by atoms with E-state index in [-0.39, 0.29) is 24.8 Å². The Morgan fingerprint density at radius 3 is 2.70 bits per heavy atom. The molecule has 1 saturated heterocycles. The maximum atomic E-state index is 12.1. The Balaban J connectivity index is 2.10. The number of likely N-dealkylation sites (tertiary alicyclic amines) is 1. The van der Waals surface area contributed by atoms with Crippen molar-refractivity contribution in [2.75, 3.05) is 0 Å². The molecule has 0 atom stereocenters. The molecule has 106 valence electrons. The fourth-order valence-electron chi connectivity index (χ4n) is 2.07. The zero-order valence-electron chi connectivity index (χ0n) is 11.3. The molecule has 2 rings (SSSR count). The van der Waals surface area contributed by atoms with Gasteiger partial charge >= 0.3 is 5.97 Å². The van der Waals surface area contributed by atoms with Crippen molar-refractivity contribution in [1.29, 1.82) is 0 Å². The van der Waals surface area contributed by atoms with Crippen LogP contribution in [0.5, 0.6) is 0 Å². The molecule has 0 bridgehead atoms. The number of aliphatic carboxylic acids is 1. The van der Waals surface area contributed by atoms with E-state index in [0.29, 0.717) is 0 Å². The molecule has 6 heteroatoms. The van der Waals surface area contributed by atoms with Crippen LogP contribution in [0.2, 0.25) is 0 Å². The topological polar surface area (TPSA) is 74.7 Å². The second-order valence-corrected chi connectivity index (χ2v) is 6.52. The fraction of sp³-hybridized carbons (Fsp3) is 0.357. The SMILES string of the molecule is CC1(C)CC(=O)N(Cc2ccc(C=CC(=O)O)s2)C1=O. The number of carboxylic acids is 1. The minimum Gasteiger partial charge on any atom is -0.478 e. The highest BCUT2D eigenvalue weighted by Gasteiger charge is 2.44. The van der Waals surface area contributed by atoms with E-state index in [1.807, 2.05) is 0 Å². The van der Waals surface area contributed by atoms with Gasteiger partial charge in [0, 0.05) is 22.3 Å². The molecule has 0 saturated carbocycles. The second-order valence-electron chi connectivity index (χ2n) is 5.32. The number of thiophene rings is 1. The second kappa shape index (κ2) is 5.20. The predicted molar refractivity (Wildman–Crippen MR) is 74.9 cm³/mol. The molecule has 2 amide bonds. The van der Waals surface area contributed by atoms with E-state index in [1.54, 1.807) is 26.0 Å². The van der Waals surface area contributed by atoms with E-state index in [1.165, 1.54) is 22.3 Å². The van der Waals surface area contributed by atoms with Crippen molar-refractivity contribution < 1.29 is 19.5 Å². The van der Waals surface area contributed by atoms with Gasteiger partial charge in [-0.15, -0.1) is 11.3 Å². The standard InChI is InChI=1S/C14H15NO4S/c1-14(2)7-11(16)15(13(14)19)8-10-4-3-9(20-10)5-6-12(17)18/h3-6H,7-8H2,1-2H3,(H,17,18). The summed E-state index contributed by atoms with van der Waals surface area (Å²) in [4.78, 5) is 37.3. The zero-order chi connectivity index (χ0) is 14.9. The molecule has 1 aliphatic rings. The van der Waals surface area contributed by atoms with Crippen LogP contribution in [0.25, 0.3) is 6.08 Å². The molecule has 2 heterocycles. The molecule has 0 radical (unpaired) electrons. The van der Waals surface area contributed by atoms with Gasteiger partial charge in [-0.2, -0.15) is 0 Å². The molecule has 0 spiro atoms. The van der Waals surface area contributed by atoms with Gasteiger partial charge in [0.1, 0.15) is 0 Å². The molecule has 20 heavy (non-hydrogen) atoms. The molecule has 5 nitrogen and oxygen atoms in total. The van der Waals surface area contributed by atoms with Crippen LogP contribution < -0.4 is 0 Å². The third-order valence-electron chi connectivity index (χ3n) is 3.10. The number of imide groups is 1. The highest BCUT2D eigenvalue weighted by molar-refractivity contribution is 7.12. The van der Waals surface area contributed by atoms with Crippen molar-refractivity contribution in [3.63, 3.8) is 0 Å². The van der Waals surface area contributed by atoms with E-state index < -0.39 is 11.4 Å². The average Bonchev–Trinajstić information content (AvgIpc) is 2.86. The van der Waals surface area contributed by atoms with E-state index in [9.17, 15) is 14.4 Å². The van der Waals surface area contributed by atoms with Crippen molar-refractivity contribution in [3.05, 3.63) is 28.0 Å². The van der Waals surface area contributed by atoms with Crippen LogP contribution in [-0.4, -0.2) is 27.8 Å². The largest absolute Gasteiger partial charge is 0.478 e. The fourth-order valence-corrected chi connectivity index (χ4v) is 2.97. The van der Waals surface area contributed by atoms with Gasteiger partial charge in [0.05, 0.1) is 12.0 Å². The van der Waals surface area contributed by atoms with Gasteiger partial charge in [0.15, 0.2) is 0 Å². The highest BCUT2D eigenvalue weighted by Crippen LogP contribution is 2.33. The number of carboxylic acid groups (broad SMARTS) is 1. The molecule has 1 aliphatic heterocycles. The molecule has 1 fully saturated rings. The maximum absolute atomic E-state index is 12.1. The number of hydrogen-bond acceptors (Lipinski definition) is 4. The summed E-state index contributed by atoms with van der Waals surface area (Å²) in [5.74, 6) is -1.32. The maximum Gasteiger partial charge on any atom is 0.328 e. The van der Waals surface area contributed by atoms with E-state index in [0.717, 1.165) is 15.8 Å². The van der Waals surface area contributed by atoms with Gasteiger partial charge in [-0.05, 0) is 18.2 Å². The predicted octanol–water partition coefficient (Wildman–Crippen LogP) is 2.13. The van der Waals surface area contributed by atoms with Crippen LogP contribution >= 0.6 is 11.3 Å². The van der Waals surface area contributed by atoms with Gasteiger partial charge in [-0.25, -0.2) is 4.79 Å². The first-order valence-electron chi connectivity index (χ1n) is 6.14. The number of carbonyl (C=O) groups is 3. The van der Waals surface area contributed by atoms with Gasteiger partial charge < -0.3 is 5.11 Å². The third kappa shape index (κ3) is 2.96. The zero-order valence-corrected chi connectivity index (χ0v) is 12.1. The van der Waals surface area contributed by atoms with Crippen LogP contribution in [0.1, 0.15) is 30.0 Å². The van der Waals surface area contributed by atoms with E-state index in [4.69, 9.17) is 5.11 Å². The lowest BCUT2D eigenvalue weighted by Gasteiger charge is -2.16. The Hall–Kier alpha value is -1.95. The number of amides is 2. The Kier molecular flexibility index (Phi) is 3.76. The van der Waals surface area contributed by atoms with Crippen molar-refractivity contribution in [3.8, 4) is 0 Å². The summed E-state index contributed by atoms with van der Waals surface area (Å²) >= 11 is 1.37. The Labute approximate surface area is 120 Å². The highest BCUT2D eigenvalue weighted by atomic mass is 32.1. The lowest BCUT2D eigenvalue weighted by molar-refractivity contribution is -0.141. The third-order valence-corrected chi connectivity index (χ3v) is 4.14. The molecule has 0 aliphatic carbocycles. The molecule has 0 aromatic carbocycles. The lowest BCUT2D eigenvalue weighted by Crippen LogP contribution is -2.32. The van der Waals surface area contributed by atoms with Crippen LogP contribution in [0.3, 0.4) is 0 Å². The molecule has 0 unspecified atom stereocenters. The monoisotopic (exact) mass is 293 g/mol. The van der Waals surface area contributed by atoms with Crippen molar-refractivity contribution in [1.82, 2.24) is 4.90 Å². The lowest BCUT2D eigenvalue weighted by atomic mass is 9.92. The Morgan fingerprint density at radius 2 is 2.15 bits per heavy atom. The summed E-state index contributed by atoms with van der Waals surface area (Å²) in [5.41, 5.74) is -0.625. The molecule has 1 aromatic rings. The van der Waals surface area contributed by atoms with Gasteiger partial charge in [0.25, 0.3) is 0 Å². The van der Waals surface area contributed by atoms with Crippen LogP contribution in [0.15, 0.2) is 18.2 Å². The summed E-state index contributed by atoms with van der Waals surface area (Å²) in [6.07, 6.45) is 2.79. The first-order chi connectivity index (χ1) is 9.29. The number of rotatable bonds is 4. The summed E-state index contributed by atoms with van der Waals surface area (Å²) in [6, 6.07) is 3.58. The van der Waals surface area contributed by atoms with Crippen molar-refractivity contribution in [2.24, 2.45) is 5.41 Å². The van der Waals surface area contributed by atoms with Crippen LogP contribution in [-0.2, 0) is 20.9 Å². The number of hydrogen-bond donors (Lipinski definition) is 1. The Morgan fingerprint density at radius 1 is 1.45 bits per heavy atom. The first-order valence-corrected chi connectivity index (χ1v) is 6.96. The normalized spacial score (nSPS) is 18.2. The molecule has 1 aromatic heterocycles.